The summed E-state index contributed by atoms with van der Waals surface area (Å²) in [6.45, 7) is 0. The van der Waals surface area contributed by atoms with Gasteiger partial charge in [0.05, 0.1) is 23.0 Å². The van der Waals surface area contributed by atoms with Crippen molar-refractivity contribution in [3.05, 3.63) is 181 Å². The number of furan rings is 1. The number of nitriles is 1. The van der Waals surface area contributed by atoms with Gasteiger partial charge in [0.25, 0.3) is 0 Å². The van der Waals surface area contributed by atoms with Gasteiger partial charge in [-0.1, -0.05) is 115 Å². The maximum Gasteiger partial charge on any atom is 0.160 e. The molecule has 0 aliphatic rings. The largest absolute Gasteiger partial charge is 0.456 e. The highest BCUT2D eigenvalue weighted by Crippen LogP contribution is 2.38. The molecule has 0 aliphatic carbocycles. The normalized spacial score (nSPS) is 11.1. The predicted octanol–water partition coefficient (Wildman–Crippen LogP) is 12.2. The number of fused-ring (bicyclic) bond motifs is 3. The molecule has 0 saturated heterocycles. The zero-order chi connectivity index (χ0) is 34.1. The molecule has 0 unspecified atom stereocenters. The van der Waals surface area contributed by atoms with Crippen molar-refractivity contribution in [2.45, 2.75) is 0 Å². The highest BCUT2D eigenvalue weighted by atomic mass is 16.3. The summed E-state index contributed by atoms with van der Waals surface area (Å²) in [4.78, 5) is 10.2. The third kappa shape index (κ3) is 5.84. The summed E-state index contributed by atoms with van der Waals surface area (Å²) < 4.78 is 6.17. The maximum absolute atomic E-state index is 9.67. The van der Waals surface area contributed by atoms with Crippen LogP contribution >= 0.6 is 0 Å². The van der Waals surface area contributed by atoms with Crippen molar-refractivity contribution >= 4 is 21.9 Å². The summed E-state index contributed by atoms with van der Waals surface area (Å²) in [5.74, 6) is 0.620. The van der Waals surface area contributed by atoms with Crippen molar-refractivity contribution < 1.29 is 4.42 Å². The molecule has 0 bridgehead atoms. The van der Waals surface area contributed by atoms with Crippen molar-refractivity contribution in [1.29, 1.82) is 5.26 Å². The van der Waals surface area contributed by atoms with Gasteiger partial charge >= 0.3 is 0 Å². The van der Waals surface area contributed by atoms with E-state index in [1.165, 1.54) is 5.56 Å². The number of hydrogen-bond donors (Lipinski definition) is 0. The van der Waals surface area contributed by atoms with Crippen LogP contribution in [0.4, 0.5) is 0 Å². The third-order valence-corrected chi connectivity index (χ3v) is 9.29. The van der Waals surface area contributed by atoms with Crippen LogP contribution in [-0.4, -0.2) is 9.97 Å². The minimum atomic E-state index is 0.582. The number of hydrogen-bond acceptors (Lipinski definition) is 4. The molecular formula is C47H29N3O. The number of aromatic nitrogens is 2. The Kier molecular flexibility index (Phi) is 7.50. The molecular weight excluding hydrogens is 623 g/mol. The molecule has 4 nitrogen and oxygen atoms in total. The summed E-state index contributed by atoms with van der Waals surface area (Å²) in [5.41, 5.74) is 13.2. The maximum atomic E-state index is 9.67. The molecule has 0 radical (unpaired) electrons. The van der Waals surface area contributed by atoms with E-state index in [1.54, 1.807) is 0 Å². The van der Waals surface area contributed by atoms with Crippen LogP contribution in [0.2, 0.25) is 0 Å². The Bertz CT molecular complexity index is 2760. The average Bonchev–Trinajstić information content (AvgIpc) is 3.59. The third-order valence-electron chi connectivity index (χ3n) is 9.29. The fourth-order valence-electron chi connectivity index (χ4n) is 6.73. The fourth-order valence-corrected chi connectivity index (χ4v) is 6.73. The molecule has 0 fully saturated rings. The Morgan fingerprint density at radius 1 is 0.373 bits per heavy atom. The Balaban J connectivity index is 1.27. The van der Waals surface area contributed by atoms with E-state index in [1.807, 2.05) is 84.9 Å². The molecule has 0 aliphatic heterocycles. The van der Waals surface area contributed by atoms with Crippen molar-refractivity contribution in [2.75, 3.05) is 0 Å². The molecule has 2 aromatic heterocycles. The van der Waals surface area contributed by atoms with Gasteiger partial charge in [0.2, 0.25) is 0 Å². The quantitative estimate of drug-likeness (QED) is 0.179. The van der Waals surface area contributed by atoms with Crippen molar-refractivity contribution in [3.63, 3.8) is 0 Å². The van der Waals surface area contributed by atoms with Crippen LogP contribution in [0.15, 0.2) is 180 Å². The zero-order valence-electron chi connectivity index (χ0n) is 27.5. The first-order valence-corrected chi connectivity index (χ1v) is 16.9. The number of benzene rings is 7. The smallest absolute Gasteiger partial charge is 0.160 e. The lowest BCUT2D eigenvalue weighted by Crippen LogP contribution is -1.97. The Morgan fingerprint density at radius 3 is 1.69 bits per heavy atom. The molecule has 51 heavy (non-hydrogen) atoms. The van der Waals surface area contributed by atoms with Gasteiger partial charge in [0.15, 0.2) is 5.82 Å². The van der Waals surface area contributed by atoms with E-state index in [9.17, 15) is 5.26 Å². The molecule has 4 heteroatoms. The molecule has 7 aromatic carbocycles. The summed E-state index contributed by atoms with van der Waals surface area (Å²) >= 11 is 0. The Morgan fingerprint density at radius 2 is 0.922 bits per heavy atom. The van der Waals surface area contributed by atoms with E-state index in [0.29, 0.717) is 11.4 Å². The molecule has 2 heterocycles. The standard InChI is InChI=1S/C47H29N3O/c48-30-31-11-9-18-37(23-31)43-29-44(50-47(49-43)33-14-5-2-6-15-33)40-26-38(35-17-10-16-34(24-35)32-12-3-1-4-13-32)25-39(27-40)36-21-22-46-42(28-36)41-19-7-8-20-45(41)51-46/h1-29H. The van der Waals surface area contributed by atoms with Gasteiger partial charge in [-0.2, -0.15) is 5.26 Å². The monoisotopic (exact) mass is 651 g/mol. The van der Waals surface area contributed by atoms with Crippen LogP contribution in [0.5, 0.6) is 0 Å². The minimum absolute atomic E-state index is 0.582. The second kappa shape index (κ2) is 12.7. The molecule has 0 amide bonds. The SMILES string of the molecule is N#Cc1cccc(-c2cc(-c3cc(-c4cccc(-c5ccccc5)c4)cc(-c4ccc5oc6ccccc6c5c4)c3)nc(-c3ccccc3)n2)c1. The van der Waals surface area contributed by atoms with Crippen LogP contribution in [-0.2, 0) is 0 Å². The first-order chi connectivity index (χ1) is 25.2. The second-order valence-corrected chi connectivity index (χ2v) is 12.6. The van der Waals surface area contributed by atoms with Gasteiger partial charge in [-0.3, -0.25) is 0 Å². The number of para-hydroxylation sites is 1. The van der Waals surface area contributed by atoms with Gasteiger partial charge in [-0.05, 0) is 94.0 Å². The van der Waals surface area contributed by atoms with E-state index >= 15 is 0 Å². The van der Waals surface area contributed by atoms with E-state index < -0.39 is 0 Å². The molecule has 0 N–H and O–H groups in total. The van der Waals surface area contributed by atoms with Crippen molar-refractivity contribution in [3.8, 4) is 73.4 Å². The highest BCUT2D eigenvalue weighted by Gasteiger charge is 2.15. The summed E-state index contributed by atoms with van der Waals surface area (Å²) in [5, 5.41) is 11.8. The number of nitrogens with zero attached hydrogens (tertiary/aromatic N) is 3. The van der Waals surface area contributed by atoms with Gasteiger partial charge in [0, 0.05) is 27.5 Å². The van der Waals surface area contributed by atoms with E-state index in [2.05, 4.69) is 97.1 Å². The Labute approximate surface area is 295 Å². The number of rotatable bonds is 6. The van der Waals surface area contributed by atoms with Crippen molar-refractivity contribution in [2.24, 2.45) is 0 Å². The lowest BCUT2D eigenvalue weighted by Gasteiger charge is -2.14. The fraction of sp³-hybridized carbons (Fsp3) is 0. The van der Waals surface area contributed by atoms with Gasteiger partial charge in [0.1, 0.15) is 11.2 Å². The van der Waals surface area contributed by atoms with E-state index in [0.717, 1.165) is 77.8 Å². The van der Waals surface area contributed by atoms with E-state index in [4.69, 9.17) is 14.4 Å². The second-order valence-electron chi connectivity index (χ2n) is 12.6. The zero-order valence-corrected chi connectivity index (χ0v) is 27.5. The van der Waals surface area contributed by atoms with Crippen molar-refractivity contribution in [1.82, 2.24) is 9.97 Å². The Hall–Kier alpha value is -7.09. The molecule has 0 spiro atoms. The van der Waals surface area contributed by atoms with Gasteiger partial charge in [-0.15, -0.1) is 0 Å². The van der Waals surface area contributed by atoms with Gasteiger partial charge in [-0.25, -0.2) is 9.97 Å². The molecule has 238 valence electrons. The summed E-state index contributed by atoms with van der Waals surface area (Å²) in [6, 6.07) is 62.3. The molecule has 9 rings (SSSR count). The first kappa shape index (κ1) is 30.0. The van der Waals surface area contributed by atoms with Crippen LogP contribution in [0.1, 0.15) is 5.56 Å². The van der Waals surface area contributed by atoms with E-state index in [-0.39, 0.29) is 0 Å². The summed E-state index contributed by atoms with van der Waals surface area (Å²) in [6.07, 6.45) is 0. The molecule has 0 atom stereocenters. The van der Waals surface area contributed by atoms with Crippen LogP contribution in [0.3, 0.4) is 0 Å². The minimum Gasteiger partial charge on any atom is -0.456 e. The molecule has 9 aromatic rings. The topological polar surface area (TPSA) is 62.7 Å². The lowest BCUT2D eigenvalue weighted by atomic mass is 9.92. The average molecular weight is 652 g/mol. The lowest BCUT2D eigenvalue weighted by molar-refractivity contribution is 0.669. The molecule has 0 saturated carbocycles. The van der Waals surface area contributed by atoms with Crippen LogP contribution in [0.25, 0.3) is 89.2 Å². The van der Waals surface area contributed by atoms with Crippen LogP contribution < -0.4 is 0 Å². The van der Waals surface area contributed by atoms with Gasteiger partial charge < -0.3 is 4.42 Å². The van der Waals surface area contributed by atoms with Crippen LogP contribution in [0, 0.1) is 11.3 Å². The predicted molar refractivity (Wildman–Crippen MR) is 207 cm³/mol. The summed E-state index contributed by atoms with van der Waals surface area (Å²) in [7, 11) is 0. The highest BCUT2D eigenvalue weighted by molar-refractivity contribution is 6.06. The first-order valence-electron chi connectivity index (χ1n) is 16.9.